The molecule has 17 heavy (non-hydrogen) atoms. The molecular weight excluding hydrogens is 236 g/mol. The topological polar surface area (TPSA) is 41.1 Å². The number of carbonyl (C=O) groups excluding carboxylic acids is 1. The average Bonchev–Trinajstić information content (AvgIpc) is 2.18. The maximum Gasteiger partial charge on any atom is 0.234 e. The molecule has 94 valence electrons. The molecule has 0 bridgehead atoms. The Labute approximate surface area is 108 Å². The van der Waals surface area contributed by atoms with Crippen LogP contribution in [0.1, 0.15) is 26.3 Å². The van der Waals surface area contributed by atoms with E-state index in [1.165, 1.54) is 0 Å². The van der Waals surface area contributed by atoms with Crippen LogP contribution in [0.25, 0.3) is 0 Å². The maximum atomic E-state index is 11.5. The van der Waals surface area contributed by atoms with Crippen LogP contribution < -0.4 is 10.6 Å². The second-order valence-electron chi connectivity index (χ2n) is 4.99. The molecule has 0 aliphatic heterocycles. The molecule has 0 atom stereocenters. The van der Waals surface area contributed by atoms with Crippen LogP contribution in [0.15, 0.2) is 24.3 Å². The van der Waals surface area contributed by atoms with E-state index in [0.717, 1.165) is 10.6 Å². The van der Waals surface area contributed by atoms with Crippen molar-refractivity contribution in [1.82, 2.24) is 10.6 Å². The molecule has 1 amide bonds. The highest BCUT2D eigenvalue weighted by molar-refractivity contribution is 6.31. The molecule has 0 saturated heterocycles. The SMILES string of the molecule is CC(C)(C)NC(=O)CNCc1ccccc1Cl. The first-order valence-corrected chi connectivity index (χ1v) is 6.01. The summed E-state index contributed by atoms with van der Waals surface area (Å²) in [5, 5.41) is 6.67. The van der Waals surface area contributed by atoms with Crippen LogP contribution in [-0.2, 0) is 11.3 Å². The van der Waals surface area contributed by atoms with Crippen LogP contribution in [0.4, 0.5) is 0 Å². The van der Waals surface area contributed by atoms with Crippen molar-refractivity contribution in [3.05, 3.63) is 34.9 Å². The molecule has 0 aliphatic rings. The second-order valence-corrected chi connectivity index (χ2v) is 5.40. The first-order chi connectivity index (χ1) is 7.88. The van der Waals surface area contributed by atoms with E-state index in [9.17, 15) is 4.79 Å². The van der Waals surface area contributed by atoms with Gasteiger partial charge < -0.3 is 10.6 Å². The van der Waals surface area contributed by atoms with Crippen LogP contribution in [-0.4, -0.2) is 18.0 Å². The summed E-state index contributed by atoms with van der Waals surface area (Å²) in [6.45, 7) is 6.76. The van der Waals surface area contributed by atoms with Gasteiger partial charge in [0.2, 0.25) is 5.91 Å². The van der Waals surface area contributed by atoms with Gasteiger partial charge in [0.05, 0.1) is 6.54 Å². The first-order valence-electron chi connectivity index (χ1n) is 5.63. The summed E-state index contributed by atoms with van der Waals surface area (Å²) in [4.78, 5) is 11.5. The molecule has 0 aliphatic carbocycles. The van der Waals surface area contributed by atoms with Gasteiger partial charge in [0, 0.05) is 17.1 Å². The van der Waals surface area contributed by atoms with Gasteiger partial charge in [-0.25, -0.2) is 0 Å². The van der Waals surface area contributed by atoms with E-state index in [-0.39, 0.29) is 11.4 Å². The molecule has 0 spiro atoms. The summed E-state index contributed by atoms with van der Waals surface area (Å²) in [5.74, 6) is -0.00967. The fourth-order valence-corrected chi connectivity index (χ4v) is 1.62. The predicted octanol–water partition coefficient (Wildman–Crippen LogP) is 2.34. The van der Waals surface area contributed by atoms with Gasteiger partial charge in [-0.2, -0.15) is 0 Å². The lowest BCUT2D eigenvalue weighted by Crippen LogP contribution is -2.44. The summed E-state index contributed by atoms with van der Waals surface area (Å²) in [6, 6.07) is 7.60. The highest BCUT2D eigenvalue weighted by atomic mass is 35.5. The summed E-state index contributed by atoms with van der Waals surface area (Å²) >= 11 is 6.01. The van der Waals surface area contributed by atoms with Crippen molar-refractivity contribution in [2.24, 2.45) is 0 Å². The lowest BCUT2D eigenvalue weighted by atomic mass is 10.1. The van der Waals surface area contributed by atoms with Crippen LogP contribution in [0.2, 0.25) is 5.02 Å². The van der Waals surface area contributed by atoms with E-state index in [2.05, 4.69) is 10.6 Å². The standard InChI is InChI=1S/C13H19ClN2O/c1-13(2,3)16-12(17)9-15-8-10-6-4-5-7-11(10)14/h4-7,15H,8-9H2,1-3H3,(H,16,17). The first kappa shape index (κ1) is 14.0. The number of rotatable bonds is 4. The van der Waals surface area contributed by atoms with Gasteiger partial charge in [0.15, 0.2) is 0 Å². The third-order valence-corrected chi connectivity index (χ3v) is 2.44. The Hall–Kier alpha value is -1.06. The third-order valence-electron chi connectivity index (χ3n) is 2.07. The minimum absolute atomic E-state index is 0.00967. The summed E-state index contributed by atoms with van der Waals surface area (Å²) in [5.41, 5.74) is 0.807. The number of hydrogen-bond acceptors (Lipinski definition) is 2. The third kappa shape index (κ3) is 5.71. The summed E-state index contributed by atoms with van der Waals surface area (Å²) in [6.07, 6.45) is 0. The number of hydrogen-bond donors (Lipinski definition) is 2. The van der Waals surface area contributed by atoms with Crippen molar-refractivity contribution in [3.63, 3.8) is 0 Å². The molecule has 0 fully saturated rings. The van der Waals surface area contributed by atoms with Crippen molar-refractivity contribution < 1.29 is 4.79 Å². The fraction of sp³-hybridized carbons (Fsp3) is 0.462. The Morgan fingerprint density at radius 2 is 1.94 bits per heavy atom. The molecule has 0 saturated carbocycles. The molecule has 0 unspecified atom stereocenters. The predicted molar refractivity (Wildman–Crippen MR) is 71.1 cm³/mol. The molecule has 4 heteroatoms. The van der Waals surface area contributed by atoms with Crippen molar-refractivity contribution in [2.75, 3.05) is 6.54 Å². The van der Waals surface area contributed by atoms with E-state index < -0.39 is 0 Å². The Morgan fingerprint density at radius 1 is 1.29 bits per heavy atom. The molecule has 1 aromatic rings. The highest BCUT2D eigenvalue weighted by Gasteiger charge is 2.12. The lowest BCUT2D eigenvalue weighted by molar-refractivity contribution is -0.121. The number of amides is 1. The number of benzene rings is 1. The highest BCUT2D eigenvalue weighted by Crippen LogP contribution is 2.13. The quantitative estimate of drug-likeness (QED) is 0.866. The normalized spacial score (nSPS) is 11.3. The van der Waals surface area contributed by atoms with Crippen LogP contribution >= 0.6 is 11.6 Å². The van der Waals surface area contributed by atoms with Gasteiger partial charge in [0.25, 0.3) is 0 Å². The van der Waals surface area contributed by atoms with Gasteiger partial charge in [-0.1, -0.05) is 29.8 Å². The number of halogens is 1. The van der Waals surface area contributed by atoms with E-state index in [1.54, 1.807) is 0 Å². The van der Waals surface area contributed by atoms with Crippen molar-refractivity contribution in [3.8, 4) is 0 Å². The van der Waals surface area contributed by atoms with Gasteiger partial charge >= 0.3 is 0 Å². The summed E-state index contributed by atoms with van der Waals surface area (Å²) in [7, 11) is 0. The molecule has 0 heterocycles. The minimum atomic E-state index is -0.191. The number of nitrogens with one attached hydrogen (secondary N) is 2. The average molecular weight is 255 g/mol. The molecular formula is C13H19ClN2O. The smallest absolute Gasteiger partial charge is 0.234 e. The molecule has 1 aromatic carbocycles. The molecule has 0 radical (unpaired) electrons. The van der Waals surface area contributed by atoms with E-state index in [4.69, 9.17) is 11.6 Å². The van der Waals surface area contributed by atoms with Crippen molar-refractivity contribution in [2.45, 2.75) is 32.9 Å². The van der Waals surface area contributed by atoms with Gasteiger partial charge in [-0.15, -0.1) is 0 Å². The molecule has 3 nitrogen and oxygen atoms in total. The van der Waals surface area contributed by atoms with Crippen molar-refractivity contribution >= 4 is 17.5 Å². The van der Waals surface area contributed by atoms with E-state index >= 15 is 0 Å². The van der Waals surface area contributed by atoms with Crippen LogP contribution in [0.3, 0.4) is 0 Å². The Morgan fingerprint density at radius 3 is 2.53 bits per heavy atom. The van der Waals surface area contributed by atoms with Crippen molar-refractivity contribution in [1.29, 1.82) is 0 Å². The maximum absolute atomic E-state index is 11.5. The fourth-order valence-electron chi connectivity index (χ4n) is 1.41. The largest absolute Gasteiger partial charge is 0.350 e. The molecule has 1 rings (SSSR count). The minimum Gasteiger partial charge on any atom is -0.350 e. The zero-order valence-corrected chi connectivity index (χ0v) is 11.3. The van der Waals surface area contributed by atoms with E-state index in [0.29, 0.717) is 13.1 Å². The monoisotopic (exact) mass is 254 g/mol. The van der Waals surface area contributed by atoms with Crippen LogP contribution in [0.5, 0.6) is 0 Å². The van der Waals surface area contributed by atoms with Gasteiger partial charge in [-0.05, 0) is 32.4 Å². The molecule has 0 aromatic heterocycles. The zero-order chi connectivity index (χ0) is 12.9. The second kappa shape index (κ2) is 6.03. The Bertz CT molecular complexity index is 385. The van der Waals surface area contributed by atoms with Gasteiger partial charge in [-0.3, -0.25) is 4.79 Å². The number of carbonyl (C=O) groups is 1. The van der Waals surface area contributed by atoms with E-state index in [1.807, 2.05) is 45.0 Å². The zero-order valence-electron chi connectivity index (χ0n) is 10.5. The van der Waals surface area contributed by atoms with Crippen LogP contribution in [0, 0.1) is 0 Å². The Kier molecular flexibility index (Phi) is 4.97. The summed E-state index contributed by atoms with van der Waals surface area (Å²) < 4.78 is 0. The molecule has 2 N–H and O–H groups in total. The lowest BCUT2D eigenvalue weighted by Gasteiger charge is -2.20. The Balaban J connectivity index is 2.34. The van der Waals surface area contributed by atoms with Gasteiger partial charge in [0.1, 0.15) is 0 Å².